The zero-order chi connectivity index (χ0) is 14.7. The normalized spacial score (nSPS) is 10.3. The highest BCUT2D eigenvalue weighted by Crippen LogP contribution is 2.19. The van der Waals surface area contributed by atoms with E-state index < -0.39 is 11.9 Å². The molecule has 1 aromatic carbocycles. The van der Waals surface area contributed by atoms with Gasteiger partial charge in [-0.2, -0.15) is 0 Å². The lowest BCUT2D eigenvalue weighted by molar-refractivity contribution is 0.0519. The van der Waals surface area contributed by atoms with Crippen molar-refractivity contribution < 1.29 is 19.4 Å². The number of aryl methyl sites for hydroxylation is 1. The number of aromatic carboxylic acids is 1. The number of carboxylic acid groups (broad SMARTS) is 1. The van der Waals surface area contributed by atoms with E-state index in [-0.39, 0.29) is 17.9 Å². The summed E-state index contributed by atoms with van der Waals surface area (Å²) in [4.78, 5) is 29.6. The lowest BCUT2D eigenvalue weighted by Crippen LogP contribution is -2.06. The SMILES string of the molecule is CCOC(=O)c1nc(-c2ccc(C(=O)O)cc2)[nH]c1C. The molecule has 2 rings (SSSR count). The molecule has 0 aliphatic carbocycles. The van der Waals surface area contributed by atoms with Crippen LogP contribution < -0.4 is 0 Å². The van der Waals surface area contributed by atoms with Crippen molar-refractivity contribution in [2.24, 2.45) is 0 Å². The number of H-pyrrole nitrogens is 1. The second-order valence-electron chi connectivity index (χ2n) is 4.16. The van der Waals surface area contributed by atoms with Gasteiger partial charge in [0.15, 0.2) is 5.69 Å². The first-order valence-corrected chi connectivity index (χ1v) is 6.10. The first-order valence-electron chi connectivity index (χ1n) is 6.10. The largest absolute Gasteiger partial charge is 0.478 e. The Bertz CT molecular complexity index is 644. The number of esters is 1. The van der Waals surface area contributed by atoms with Crippen molar-refractivity contribution in [3.63, 3.8) is 0 Å². The van der Waals surface area contributed by atoms with Gasteiger partial charge >= 0.3 is 11.9 Å². The third-order valence-electron chi connectivity index (χ3n) is 2.76. The molecule has 0 fully saturated rings. The fourth-order valence-corrected chi connectivity index (χ4v) is 1.77. The number of ether oxygens (including phenoxy) is 1. The van der Waals surface area contributed by atoms with E-state index in [0.717, 1.165) is 0 Å². The van der Waals surface area contributed by atoms with E-state index in [1.54, 1.807) is 26.0 Å². The number of carbonyl (C=O) groups is 2. The van der Waals surface area contributed by atoms with Crippen LogP contribution in [0.5, 0.6) is 0 Å². The fourth-order valence-electron chi connectivity index (χ4n) is 1.77. The third kappa shape index (κ3) is 2.69. The monoisotopic (exact) mass is 274 g/mol. The standard InChI is InChI=1S/C14H14N2O4/c1-3-20-14(19)11-8(2)15-12(16-11)9-4-6-10(7-5-9)13(17)18/h4-7H,3H2,1-2H3,(H,15,16)(H,17,18). The molecule has 0 bridgehead atoms. The molecule has 0 atom stereocenters. The smallest absolute Gasteiger partial charge is 0.358 e. The number of benzene rings is 1. The Morgan fingerprint density at radius 3 is 2.50 bits per heavy atom. The summed E-state index contributed by atoms with van der Waals surface area (Å²) in [7, 11) is 0. The van der Waals surface area contributed by atoms with Crippen LogP contribution in [-0.4, -0.2) is 33.6 Å². The van der Waals surface area contributed by atoms with Gasteiger partial charge in [-0.15, -0.1) is 0 Å². The molecule has 0 aliphatic rings. The summed E-state index contributed by atoms with van der Waals surface area (Å²) in [6.07, 6.45) is 0. The van der Waals surface area contributed by atoms with Crippen molar-refractivity contribution in [1.29, 1.82) is 0 Å². The summed E-state index contributed by atoms with van der Waals surface area (Å²) in [5.74, 6) is -0.962. The number of hydrogen-bond donors (Lipinski definition) is 2. The molecular weight excluding hydrogens is 260 g/mol. The number of nitrogens with zero attached hydrogens (tertiary/aromatic N) is 1. The molecule has 6 heteroatoms. The van der Waals surface area contributed by atoms with Gasteiger partial charge in [-0.25, -0.2) is 14.6 Å². The number of carbonyl (C=O) groups excluding carboxylic acids is 1. The lowest BCUT2D eigenvalue weighted by atomic mass is 10.1. The zero-order valence-corrected chi connectivity index (χ0v) is 11.1. The quantitative estimate of drug-likeness (QED) is 0.834. The molecule has 0 amide bonds. The molecule has 0 spiro atoms. The minimum atomic E-state index is -0.987. The maximum Gasteiger partial charge on any atom is 0.358 e. The Morgan fingerprint density at radius 1 is 1.30 bits per heavy atom. The van der Waals surface area contributed by atoms with Crippen LogP contribution in [0.3, 0.4) is 0 Å². The van der Waals surface area contributed by atoms with Crippen molar-refractivity contribution in [1.82, 2.24) is 9.97 Å². The van der Waals surface area contributed by atoms with Gasteiger partial charge in [-0.3, -0.25) is 0 Å². The van der Waals surface area contributed by atoms with Crippen LogP contribution in [-0.2, 0) is 4.74 Å². The Kier molecular flexibility index (Phi) is 3.84. The van der Waals surface area contributed by atoms with Crippen molar-refractivity contribution in [2.45, 2.75) is 13.8 Å². The van der Waals surface area contributed by atoms with Gasteiger partial charge < -0.3 is 14.8 Å². The van der Waals surface area contributed by atoms with Crippen LogP contribution in [0, 0.1) is 6.92 Å². The van der Waals surface area contributed by atoms with Crippen LogP contribution in [0.4, 0.5) is 0 Å². The molecule has 0 radical (unpaired) electrons. The molecular formula is C14H14N2O4. The highest BCUT2D eigenvalue weighted by molar-refractivity contribution is 5.90. The fraction of sp³-hybridized carbons (Fsp3) is 0.214. The van der Waals surface area contributed by atoms with Crippen LogP contribution in [0.2, 0.25) is 0 Å². The topological polar surface area (TPSA) is 92.3 Å². The van der Waals surface area contributed by atoms with E-state index in [1.165, 1.54) is 12.1 Å². The van der Waals surface area contributed by atoms with E-state index in [1.807, 2.05) is 0 Å². The average molecular weight is 274 g/mol. The number of carboxylic acids is 1. The molecule has 2 N–H and O–H groups in total. The first-order chi connectivity index (χ1) is 9.52. The number of imidazole rings is 1. The summed E-state index contributed by atoms with van der Waals surface area (Å²) >= 11 is 0. The van der Waals surface area contributed by atoms with Gasteiger partial charge in [0.25, 0.3) is 0 Å². The second-order valence-corrected chi connectivity index (χ2v) is 4.16. The molecule has 0 saturated carbocycles. The number of hydrogen-bond acceptors (Lipinski definition) is 4. The Hall–Kier alpha value is -2.63. The highest BCUT2D eigenvalue weighted by Gasteiger charge is 2.16. The van der Waals surface area contributed by atoms with E-state index in [4.69, 9.17) is 9.84 Å². The Morgan fingerprint density at radius 2 is 1.95 bits per heavy atom. The predicted octanol–water partition coefficient (Wildman–Crippen LogP) is 2.26. The third-order valence-corrected chi connectivity index (χ3v) is 2.76. The second kappa shape index (κ2) is 5.56. The first kappa shape index (κ1) is 13.8. The summed E-state index contributed by atoms with van der Waals surface area (Å²) in [6, 6.07) is 6.24. The van der Waals surface area contributed by atoms with E-state index >= 15 is 0 Å². The van der Waals surface area contributed by atoms with Crippen LogP contribution in [0.15, 0.2) is 24.3 Å². The van der Waals surface area contributed by atoms with E-state index in [9.17, 15) is 9.59 Å². The number of aromatic amines is 1. The Labute approximate surface area is 115 Å². The lowest BCUT2D eigenvalue weighted by Gasteiger charge is -1.98. The highest BCUT2D eigenvalue weighted by atomic mass is 16.5. The van der Waals surface area contributed by atoms with Crippen LogP contribution in [0.1, 0.15) is 33.5 Å². The van der Waals surface area contributed by atoms with Gasteiger partial charge in [0.05, 0.1) is 12.2 Å². The summed E-state index contributed by atoms with van der Waals surface area (Å²) in [5, 5.41) is 8.84. The number of nitrogens with one attached hydrogen (secondary N) is 1. The maximum absolute atomic E-state index is 11.7. The van der Waals surface area contributed by atoms with Gasteiger partial charge in [-0.05, 0) is 26.0 Å². The summed E-state index contributed by atoms with van der Waals surface area (Å²) in [6.45, 7) is 3.74. The molecule has 6 nitrogen and oxygen atoms in total. The van der Waals surface area contributed by atoms with E-state index in [0.29, 0.717) is 17.1 Å². The minimum absolute atomic E-state index is 0.197. The predicted molar refractivity (Wildman–Crippen MR) is 71.7 cm³/mol. The number of aromatic nitrogens is 2. The molecule has 1 heterocycles. The van der Waals surface area contributed by atoms with Gasteiger partial charge in [0, 0.05) is 11.3 Å². The summed E-state index contributed by atoms with van der Waals surface area (Å²) < 4.78 is 4.91. The van der Waals surface area contributed by atoms with Crippen molar-refractivity contribution in [3.8, 4) is 11.4 Å². The molecule has 1 aromatic heterocycles. The van der Waals surface area contributed by atoms with Gasteiger partial charge in [-0.1, -0.05) is 12.1 Å². The number of rotatable bonds is 4. The van der Waals surface area contributed by atoms with Crippen LogP contribution in [0.25, 0.3) is 11.4 Å². The van der Waals surface area contributed by atoms with Crippen molar-refractivity contribution in [2.75, 3.05) is 6.61 Å². The summed E-state index contributed by atoms with van der Waals surface area (Å²) in [5.41, 5.74) is 1.75. The van der Waals surface area contributed by atoms with Gasteiger partial charge in [0.2, 0.25) is 0 Å². The van der Waals surface area contributed by atoms with Crippen LogP contribution >= 0.6 is 0 Å². The molecule has 104 valence electrons. The Balaban J connectivity index is 2.32. The van der Waals surface area contributed by atoms with Crippen molar-refractivity contribution in [3.05, 3.63) is 41.2 Å². The van der Waals surface area contributed by atoms with E-state index in [2.05, 4.69) is 9.97 Å². The maximum atomic E-state index is 11.7. The molecule has 0 unspecified atom stereocenters. The minimum Gasteiger partial charge on any atom is -0.478 e. The molecule has 0 aliphatic heterocycles. The van der Waals surface area contributed by atoms with Crippen molar-refractivity contribution >= 4 is 11.9 Å². The molecule has 20 heavy (non-hydrogen) atoms. The zero-order valence-electron chi connectivity index (χ0n) is 11.1. The average Bonchev–Trinajstić information content (AvgIpc) is 2.81. The molecule has 0 saturated heterocycles. The molecule has 2 aromatic rings. The van der Waals surface area contributed by atoms with Gasteiger partial charge in [0.1, 0.15) is 5.82 Å².